The molecule has 3 nitrogen and oxygen atoms in total. The second-order valence-electron chi connectivity index (χ2n) is 1.01. The highest BCUT2D eigenvalue weighted by atomic mass is 32.2. The van der Waals surface area contributed by atoms with Gasteiger partial charge in [-0.15, -0.1) is 0 Å². The smallest absolute Gasteiger partial charge is 0.259 e. The van der Waals surface area contributed by atoms with Gasteiger partial charge in [0, 0.05) is 6.08 Å². The van der Waals surface area contributed by atoms with Crippen LogP contribution in [0.1, 0.15) is 0 Å². The molecule has 0 aromatic rings. The zero-order valence-corrected chi connectivity index (χ0v) is 4.29. The van der Waals surface area contributed by atoms with Gasteiger partial charge < -0.3 is 0 Å². The average molecular weight is 116 g/mol. The lowest BCUT2D eigenvalue weighted by Crippen LogP contribution is -2.32. The molecular weight excluding hydrogens is 112 g/mol. The van der Waals surface area contributed by atoms with E-state index in [2.05, 4.69) is 10.3 Å². The second kappa shape index (κ2) is 1.99. The minimum absolute atomic E-state index is 0.0984. The molecule has 0 fully saturated rings. The summed E-state index contributed by atoms with van der Waals surface area (Å²) in [4.78, 5) is 12.8. The van der Waals surface area contributed by atoms with Crippen molar-refractivity contribution in [3.05, 3.63) is 11.5 Å². The van der Waals surface area contributed by atoms with Crippen LogP contribution in [-0.2, 0) is 4.79 Å². The highest BCUT2D eigenvalue weighted by Crippen LogP contribution is 1.95. The molecule has 0 aliphatic carbocycles. The number of hydrazine groups is 1. The van der Waals surface area contributed by atoms with Gasteiger partial charge in [0.2, 0.25) is 0 Å². The summed E-state index contributed by atoms with van der Waals surface area (Å²) in [6, 6.07) is 0. The minimum atomic E-state index is -0.0984. The van der Waals surface area contributed by atoms with Crippen LogP contribution in [0.4, 0.5) is 0 Å². The molecule has 0 radical (unpaired) electrons. The van der Waals surface area contributed by atoms with E-state index in [-0.39, 0.29) is 5.91 Å². The van der Waals surface area contributed by atoms with E-state index in [9.17, 15) is 4.79 Å². The summed E-state index contributed by atoms with van der Waals surface area (Å²) in [5, 5.41) is 1.68. The Balaban J connectivity index is 2.51. The Morgan fingerprint density at radius 2 is 2.57 bits per heavy atom. The molecule has 1 amide bonds. The third-order valence-corrected chi connectivity index (χ3v) is 1.01. The predicted octanol–water partition coefficient (Wildman–Crippen LogP) is -0.217. The first-order valence-electron chi connectivity index (χ1n) is 1.77. The van der Waals surface area contributed by atoms with Crippen LogP contribution in [0.2, 0.25) is 0 Å². The van der Waals surface area contributed by atoms with Gasteiger partial charge in [-0.1, -0.05) is 0 Å². The van der Waals surface area contributed by atoms with Gasteiger partial charge in [-0.05, 0) is 17.4 Å². The van der Waals surface area contributed by atoms with Crippen LogP contribution < -0.4 is 10.3 Å². The Bertz CT molecular complexity index is 112. The van der Waals surface area contributed by atoms with Crippen molar-refractivity contribution < 1.29 is 4.79 Å². The molecule has 0 unspecified atom stereocenters. The van der Waals surface area contributed by atoms with Gasteiger partial charge in [-0.2, -0.15) is 4.83 Å². The summed E-state index contributed by atoms with van der Waals surface area (Å²) in [7, 11) is 0. The molecule has 4 heteroatoms. The van der Waals surface area contributed by atoms with Crippen LogP contribution in [0.5, 0.6) is 0 Å². The molecule has 7 heavy (non-hydrogen) atoms. The van der Waals surface area contributed by atoms with Crippen LogP contribution in [0.3, 0.4) is 0 Å². The summed E-state index contributed by atoms with van der Waals surface area (Å²) in [5.41, 5.74) is 2.37. The lowest BCUT2D eigenvalue weighted by molar-refractivity contribution is -0.116. The lowest BCUT2D eigenvalue weighted by Gasteiger charge is -2.03. The van der Waals surface area contributed by atoms with E-state index in [1.807, 2.05) is 0 Å². The molecule has 1 rings (SSSR count). The minimum Gasteiger partial charge on any atom is -0.278 e. The number of hydrogen-bond donors (Lipinski definition) is 2. The summed E-state index contributed by atoms with van der Waals surface area (Å²) >= 11 is 1.34. The number of carbonyl (C=O) groups excluding carboxylic acids is 1. The van der Waals surface area contributed by atoms with Gasteiger partial charge in [-0.3, -0.25) is 10.2 Å². The molecule has 0 aromatic heterocycles. The second-order valence-corrected chi connectivity index (χ2v) is 1.72. The third kappa shape index (κ3) is 1.21. The highest BCUT2D eigenvalue weighted by molar-refractivity contribution is 8.00. The topological polar surface area (TPSA) is 41.1 Å². The van der Waals surface area contributed by atoms with Gasteiger partial charge in [-0.25, -0.2) is 0 Å². The molecule has 0 aromatic carbocycles. The van der Waals surface area contributed by atoms with Crippen molar-refractivity contribution in [3.63, 3.8) is 0 Å². The molecule has 38 valence electrons. The van der Waals surface area contributed by atoms with E-state index >= 15 is 0 Å². The van der Waals surface area contributed by atoms with E-state index in [1.54, 1.807) is 5.41 Å². The maximum Gasteiger partial charge on any atom is 0.259 e. The maximum absolute atomic E-state index is 10.2. The van der Waals surface area contributed by atoms with Gasteiger partial charge >= 0.3 is 0 Å². The molecule has 0 saturated heterocycles. The van der Waals surface area contributed by atoms with Crippen molar-refractivity contribution in [2.75, 3.05) is 0 Å². The zero-order valence-electron chi connectivity index (χ0n) is 3.47. The maximum atomic E-state index is 10.2. The number of amides is 1. The SMILES string of the molecule is O=C1C=CSNN1. The number of nitrogens with one attached hydrogen (secondary N) is 2. The highest BCUT2D eigenvalue weighted by Gasteiger charge is 1.95. The van der Waals surface area contributed by atoms with Crippen molar-refractivity contribution in [2.24, 2.45) is 0 Å². The Hall–Kier alpha value is -0.480. The molecule has 0 atom stereocenters. The fraction of sp³-hybridized carbons (Fsp3) is 0. The normalized spacial score (nSPS) is 19.1. The van der Waals surface area contributed by atoms with Crippen LogP contribution >= 0.6 is 11.9 Å². The number of carbonyl (C=O) groups is 1. The molecule has 0 spiro atoms. The largest absolute Gasteiger partial charge is 0.278 e. The van der Waals surface area contributed by atoms with E-state index in [4.69, 9.17) is 0 Å². The summed E-state index contributed by atoms with van der Waals surface area (Å²) in [6.07, 6.45) is 1.46. The fourth-order valence-electron chi connectivity index (χ4n) is 0.251. The first-order valence-corrected chi connectivity index (χ1v) is 2.65. The molecule has 1 heterocycles. The van der Waals surface area contributed by atoms with Gasteiger partial charge in [0.05, 0.1) is 0 Å². The van der Waals surface area contributed by atoms with E-state index in [0.29, 0.717) is 0 Å². The zero-order chi connectivity index (χ0) is 5.11. The number of hydrogen-bond acceptors (Lipinski definition) is 3. The molecule has 0 bridgehead atoms. The Morgan fingerprint density at radius 1 is 1.71 bits per heavy atom. The predicted molar refractivity (Wildman–Crippen MR) is 28.0 cm³/mol. The third-order valence-electron chi connectivity index (χ3n) is 0.521. The fourth-order valence-corrected chi connectivity index (χ4v) is 0.670. The van der Waals surface area contributed by atoms with E-state index < -0.39 is 0 Å². The van der Waals surface area contributed by atoms with Gasteiger partial charge in [0.15, 0.2) is 0 Å². The summed E-state index contributed by atoms with van der Waals surface area (Å²) in [6.45, 7) is 0. The summed E-state index contributed by atoms with van der Waals surface area (Å²) in [5.74, 6) is -0.0984. The van der Waals surface area contributed by atoms with Crippen molar-refractivity contribution >= 4 is 17.9 Å². The van der Waals surface area contributed by atoms with Crippen LogP contribution in [0, 0.1) is 0 Å². The first-order chi connectivity index (χ1) is 3.39. The van der Waals surface area contributed by atoms with Crippen LogP contribution in [0.15, 0.2) is 11.5 Å². The van der Waals surface area contributed by atoms with Crippen LogP contribution in [-0.4, -0.2) is 5.91 Å². The quantitative estimate of drug-likeness (QED) is 0.430. The standard InChI is InChI=1S/C3H4N2OS/c6-3-1-2-7-5-4-3/h1-2,5H,(H,4,6). The first kappa shape index (κ1) is 4.67. The molecular formula is C3H4N2OS. The number of rotatable bonds is 0. The molecule has 0 saturated carbocycles. The van der Waals surface area contributed by atoms with Crippen molar-refractivity contribution in [2.45, 2.75) is 0 Å². The van der Waals surface area contributed by atoms with Crippen molar-refractivity contribution in [3.8, 4) is 0 Å². The summed E-state index contributed by atoms with van der Waals surface area (Å²) < 4.78 is 0. The monoisotopic (exact) mass is 116 g/mol. The Kier molecular flexibility index (Phi) is 1.33. The molecule has 1 aliphatic heterocycles. The Labute approximate surface area is 45.3 Å². The van der Waals surface area contributed by atoms with Crippen molar-refractivity contribution in [1.82, 2.24) is 10.3 Å². The van der Waals surface area contributed by atoms with Crippen LogP contribution in [0.25, 0.3) is 0 Å². The Morgan fingerprint density at radius 3 is 2.86 bits per heavy atom. The molecule has 1 aliphatic rings. The lowest BCUT2D eigenvalue weighted by atomic mass is 10.6. The molecule has 2 N–H and O–H groups in total. The van der Waals surface area contributed by atoms with Gasteiger partial charge in [0.25, 0.3) is 5.91 Å². The van der Waals surface area contributed by atoms with Gasteiger partial charge in [0.1, 0.15) is 0 Å². The van der Waals surface area contributed by atoms with Crippen molar-refractivity contribution in [1.29, 1.82) is 0 Å². The van der Waals surface area contributed by atoms with E-state index in [1.165, 1.54) is 18.0 Å². The van der Waals surface area contributed by atoms with E-state index in [0.717, 1.165) is 0 Å². The average Bonchev–Trinajstić information content (AvgIpc) is 1.69.